The van der Waals surface area contributed by atoms with Crippen molar-refractivity contribution in [1.82, 2.24) is 4.90 Å². The monoisotopic (exact) mass is 250 g/mol. The zero-order valence-corrected chi connectivity index (χ0v) is 10.2. The van der Waals surface area contributed by atoms with Crippen LogP contribution >= 0.6 is 0 Å². The summed E-state index contributed by atoms with van der Waals surface area (Å²) in [4.78, 5) is 13.4. The van der Waals surface area contributed by atoms with Gasteiger partial charge < -0.3 is 20.5 Å². The molecule has 0 radical (unpaired) electrons. The van der Waals surface area contributed by atoms with Crippen molar-refractivity contribution in [2.45, 2.75) is 25.1 Å². The highest BCUT2D eigenvalue weighted by atomic mass is 16.6. The third kappa shape index (κ3) is 3.00. The van der Waals surface area contributed by atoms with Crippen molar-refractivity contribution in [2.24, 2.45) is 5.73 Å². The Balaban J connectivity index is 1.88. The fourth-order valence-electron chi connectivity index (χ4n) is 2.15. The number of carbonyl (C=O) groups is 1. The number of aliphatic hydroxyl groups excluding tert-OH is 1. The number of aliphatic hydroxyl groups is 1. The quantitative estimate of drug-likeness (QED) is 0.828. The van der Waals surface area contributed by atoms with Crippen LogP contribution in [0.4, 0.5) is 4.79 Å². The minimum Gasteiger partial charge on any atom is -0.445 e. The van der Waals surface area contributed by atoms with Crippen LogP contribution in [0.3, 0.4) is 0 Å². The molecule has 0 unspecified atom stereocenters. The van der Waals surface area contributed by atoms with E-state index in [0.717, 1.165) is 5.56 Å². The van der Waals surface area contributed by atoms with Crippen LogP contribution in [0.25, 0.3) is 0 Å². The van der Waals surface area contributed by atoms with Crippen LogP contribution in [0, 0.1) is 0 Å². The molecule has 0 spiro atoms. The first-order valence-electron chi connectivity index (χ1n) is 6.04. The zero-order valence-electron chi connectivity index (χ0n) is 10.2. The molecule has 2 atom stereocenters. The summed E-state index contributed by atoms with van der Waals surface area (Å²) in [6.07, 6.45) is 0.211. The molecule has 0 bridgehead atoms. The van der Waals surface area contributed by atoms with Gasteiger partial charge in [-0.15, -0.1) is 0 Å². The van der Waals surface area contributed by atoms with Crippen LogP contribution in [-0.4, -0.2) is 41.3 Å². The van der Waals surface area contributed by atoms with Gasteiger partial charge in [-0.05, 0) is 12.0 Å². The molecule has 1 aromatic rings. The molecule has 1 saturated heterocycles. The molecule has 1 aliphatic heterocycles. The van der Waals surface area contributed by atoms with Crippen molar-refractivity contribution >= 4 is 6.09 Å². The van der Waals surface area contributed by atoms with E-state index in [9.17, 15) is 9.90 Å². The Morgan fingerprint density at radius 3 is 2.83 bits per heavy atom. The second kappa shape index (κ2) is 5.84. The molecule has 2 rings (SSSR count). The van der Waals surface area contributed by atoms with E-state index >= 15 is 0 Å². The number of benzene rings is 1. The second-order valence-electron chi connectivity index (χ2n) is 4.52. The standard InChI is InChI=1S/C13H18N2O3/c14-11-6-12(8-16)15(7-11)13(17)18-9-10-4-2-1-3-5-10/h1-5,11-12,16H,6-9,14H2/t11-,12+/m0/s1. The molecule has 18 heavy (non-hydrogen) atoms. The first-order valence-corrected chi connectivity index (χ1v) is 6.04. The van der Waals surface area contributed by atoms with Crippen molar-refractivity contribution in [3.05, 3.63) is 35.9 Å². The predicted molar refractivity (Wildman–Crippen MR) is 66.8 cm³/mol. The molecule has 1 aliphatic rings. The average Bonchev–Trinajstić information content (AvgIpc) is 2.78. The van der Waals surface area contributed by atoms with Gasteiger partial charge in [0.2, 0.25) is 0 Å². The number of carbonyl (C=O) groups excluding carboxylic acids is 1. The lowest BCUT2D eigenvalue weighted by Gasteiger charge is -2.22. The number of ether oxygens (including phenoxy) is 1. The van der Waals surface area contributed by atoms with E-state index in [2.05, 4.69) is 0 Å². The predicted octanol–water partition coefficient (Wildman–Crippen LogP) is 0.717. The molecule has 1 heterocycles. The maximum absolute atomic E-state index is 11.9. The SMILES string of the molecule is N[C@H]1C[C@H](CO)N(C(=O)OCc2ccccc2)C1. The number of hydrogen-bond donors (Lipinski definition) is 2. The van der Waals surface area contributed by atoms with Gasteiger partial charge in [0, 0.05) is 12.6 Å². The number of likely N-dealkylation sites (tertiary alicyclic amines) is 1. The van der Waals surface area contributed by atoms with Crippen molar-refractivity contribution in [3.8, 4) is 0 Å². The zero-order chi connectivity index (χ0) is 13.0. The molecular formula is C13H18N2O3. The molecule has 0 aliphatic carbocycles. The van der Waals surface area contributed by atoms with Crippen molar-refractivity contribution < 1.29 is 14.6 Å². The van der Waals surface area contributed by atoms with Gasteiger partial charge in [0.05, 0.1) is 12.6 Å². The van der Waals surface area contributed by atoms with Gasteiger partial charge in [0.25, 0.3) is 0 Å². The van der Waals surface area contributed by atoms with Crippen molar-refractivity contribution in [3.63, 3.8) is 0 Å². The summed E-state index contributed by atoms with van der Waals surface area (Å²) in [5.41, 5.74) is 6.72. The molecule has 0 saturated carbocycles. The third-order valence-corrected chi connectivity index (χ3v) is 3.10. The van der Waals surface area contributed by atoms with Gasteiger partial charge in [-0.3, -0.25) is 0 Å². The first-order chi connectivity index (χ1) is 8.70. The van der Waals surface area contributed by atoms with Crippen LogP contribution < -0.4 is 5.73 Å². The summed E-state index contributed by atoms with van der Waals surface area (Å²) in [5, 5.41) is 9.18. The molecular weight excluding hydrogens is 232 g/mol. The minimum absolute atomic E-state index is 0.0753. The molecule has 5 nitrogen and oxygen atoms in total. The lowest BCUT2D eigenvalue weighted by atomic mass is 10.2. The molecule has 1 fully saturated rings. The summed E-state index contributed by atoms with van der Waals surface area (Å²) in [7, 11) is 0. The normalized spacial score (nSPS) is 23.1. The Labute approximate surface area is 106 Å². The van der Waals surface area contributed by atoms with Gasteiger partial charge in [0.1, 0.15) is 6.61 Å². The topological polar surface area (TPSA) is 75.8 Å². The maximum atomic E-state index is 11.9. The fourth-order valence-corrected chi connectivity index (χ4v) is 2.15. The van der Waals surface area contributed by atoms with Crippen LogP contribution in [0.1, 0.15) is 12.0 Å². The van der Waals surface area contributed by atoms with Crippen LogP contribution in [0.5, 0.6) is 0 Å². The summed E-state index contributed by atoms with van der Waals surface area (Å²) in [5.74, 6) is 0. The third-order valence-electron chi connectivity index (χ3n) is 3.10. The van der Waals surface area contributed by atoms with Gasteiger partial charge in [-0.2, -0.15) is 0 Å². The van der Waals surface area contributed by atoms with Crippen LogP contribution in [0.15, 0.2) is 30.3 Å². The van der Waals surface area contributed by atoms with Gasteiger partial charge in [-0.1, -0.05) is 30.3 Å². The van der Waals surface area contributed by atoms with E-state index < -0.39 is 6.09 Å². The van der Waals surface area contributed by atoms with Crippen LogP contribution in [0.2, 0.25) is 0 Å². The lowest BCUT2D eigenvalue weighted by molar-refractivity contribution is 0.0794. The van der Waals surface area contributed by atoms with E-state index in [1.54, 1.807) is 0 Å². The molecule has 1 amide bonds. The Morgan fingerprint density at radius 1 is 1.44 bits per heavy atom. The molecule has 3 N–H and O–H groups in total. The largest absolute Gasteiger partial charge is 0.445 e. The summed E-state index contributed by atoms with van der Waals surface area (Å²) in [6, 6.07) is 9.19. The number of amides is 1. The van der Waals surface area contributed by atoms with Gasteiger partial charge >= 0.3 is 6.09 Å². The van der Waals surface area contributed by atoms with E-state index in [-0.39, 0.29) is 25.3 Å². The van der Waals surface area contributed by atoms with E-state index in [0.29, 0.717) is 13.0 Å². The van der Waals surface area contributed by atoms with Gasteiger partial charge in [-0.25, -0.2) is 4.79 Å². The highest BCUT2D eigenvalue weighted by Crippen LogP contribution is 2.17. The molecule has 5 heteroatoms. The average molecular weight is 250 g/mol. The Kier molecular flexibility index (Phi) is 4.17. The maximum Gasteiger partial charge on any atom is 0.410 e. The first kappa shape index (κ1) is 12.9. The minimum atomic E-state index is -0.411. The number of nitrogens with zero attached hydrogens (tertiary/aromatic N) is 1. The fraction of sp³-hybridized carbons (Fsp3) is 0.462. The van der Waals surface area contributed by atoms with Crippen molar-refractivity contribution in [1.29, 1.82) is 0 Å². The highest BCUT2D eigenvalue weighted by molar-refractivity contribution is 5.68. The molecule has 98 valence electrons. The molecule has 0 aromatic heterocycles. The molecule has 1 aromatic carbocycles. The van der Waals surface area contributed by atoms with E-state index in [1.807, 2.05) is 30.3 Å². The van der Waals surface area contributed by atoms with E-state index in [1.165, 1.54) is 4.90 Å². The lowest BCUT2D eigenvalue weighted by Crippen LogP contribution is -2.38. The summed E-state index contributed by atoms with van der Waals surface area (Å²) < 4.78 is 5.21. The summed E-state index contributed by atoms with van der Waals surface area (Å²) in [6.45, 7) is 0.608. The second-order valence-corrected chi connectivity index (χ2v) is 4.52. The summed E-state index contributed by atoms with van der Waals surface area (Å²) >= 11 is 0. The Hall–Kier alpha value is -1.59. The van der Waals surface area contributed by atoms with Crippen molar-refractivity contribution in [2.75, 3.05) is 13.2 Å². The smallest absolute Gasteiger partial charge is 0.410 e. The number of nitrogens with two attached hydrogens (primary N) is 1. The highest BCUT2D eigenvalue weighted by Gasteiger charge is 2.33. The van der Waals surface area contributed by atoms with Gasteiger partial charge in [0.15, 0.2) is 0 Å². The van der Waals surface area contributed by atoms with Crippen LogP contribution in [-0.2, 0) is 11.3 Å². The van der Waals surface area contributed by atoms with E-state index in [4.69, 9.17) is 10.5 Å². The Morgan fingerprint density at radius 2 is 2.17 bits per heavy atom. The number of hydrogen-bond acceptors (Lipinski definition) is 4. The number of rotatable bonds is 3. The Bertz CT molecular complexity index is 396.